The van der Waals surface area contributed by atoms with Crippen molar-refractivity contribution in [2.24, 2.45) is 0 Å². The molecule has 3 nitrogen and oxygen atoms in total. The summed E-state index contributed by atoms with van der Waals surface area (Å²) in [5.74, 6) is 0.0222. The molecule has 0 saturated heterocycles. The Morgan fingerprint density at radius 3 is 2.62 bits per heavy atom. The molecule has 1 aromatic heterocycles. The number of carbonyl (C=O) groups excluding carboxylic acids is 1. The Kier molecular flexibility index (Phi) is 6.02. The Morgan fingerprint density at radius 2 is 1.83 bits per heavy atom. The number of H-pyrrole nitrogens is 1. The van der Waals surface area contributed by atoms with Crippen LogP contribution < -0.4 is 5.32 Å². The summed E-state index contributed by atoms with van der Waals surface area (Å²) in [6, 6.07) is 22.1. The largest absolute Gasteiger partial charge is 0.354 e. The van der Waals surface area contributed by atoms with Gasteiger partial charge < -0.3 is 10.3 Å². The first-order valence-electron chi connectivity index (χ1n) is 9.15. The van der Waals surface area contributed by atoms with Gasteiger partial charge in [0, 0.05) is 38.1 Å². The molecule has 4 aromatic rings. The lowest BCUT2D eigenvalue weighted by Gasteiger charge is -2.07. The molecule has 1 heterocycles. The minimum absolute atomic E-state index is 0.267. The third kappa shape index (κ3) is 4.54. The predicted octanol–water partition coefficient (Wildman–Crippen LogP) is 6.26. The first-order valence-corrected chi connectivity index (χ1v) is 10.9. The number of hydrogen-bond acceptors (Lipinski definition) is 2. The van der Waals surface area contributed by atoms with Crippen molar-refractivity contribution in [3.63, 3.8) is 0 Å². The van der Waals surface area contributed by atoms with E-state index in [4.69, 9.17) is 0 Å². The summed E-state index contributed by atoms with van der Waals surface area (Å²) in [7, 11) is 0. The van der Waals surface area contributed by atoms with Gasteiger partial charge in [0.25, 0.3) is 5.91 Å². The smallest absolute Gasteiger partial charge is 0.251 e. The molecule has 29 heavy (non-hydrogen) atoms. The summed E-state index contributed by atoms with van der Waals surface area (Å²) in [5, 5.41) is 4.02. The van der Waals surface area contributed by atoms with Gasteiger partial charge in [-0.15, -0.1) is 11.8 Å². The van der Waals surface area contributed by atoms with Gasteiger partial charge in [-0.25, -0.2) is 4.39 Å². The number of carbonyl (C=O) groups is 1. The fraction of sp³-hybridized carbons (Fsp3) is 0.0870. The number of aromatic nitrogens is 1. The van der Waals surface area contributed by atoms with Crippen LogP contribution in [0.2, 0.25) is 0 Å². The van der Waals surface area contributed by atoms with Crippen LogP contribution in [0.4, 0.5) is 4.39 Å². The summed E-state index contributed by atoms with van der Waals surface area (Å²) >= 11 is 5.17. The fourth-order valence-corrected chi connectivity index (χ4v) is 4.45. The second kappa shape index (κ2) is 8.84. The SMILES string of the molecule is O=C(NCCSc1c(-c2ccc(Br)cc2)[nH]c2ccccc12)c1cccc(F)c1. The number of nitrogens with one attached hydrogen (secondary N) is 2. The van der Waals surface area contributed by atoms with Crippen molar-refractivity contribution in [3.8, 4) is 11.3 Å². The van der Waals surface area contributed by atoms with Gasteiger partial charge in [0.05, 0.1) is 5.69 Å². The van der Waals surface area contributed by atoms with Gasteiger partial charge in [-0.05, 0) is 42.0 Å². The van der Waals surface area contributed by atoms with E-state index in [0.717, 1.165) is 31.5 Å². The van der Waals surface area contributed by atoms with Gasteiger partial charge in [0.2, 0.25) is 0 Å². The highest BCUT2D eigenvalue weighted by Gasteiger charge is 2.14. The minimum atomic E-state index is -0.412. The zero-order chi connectivity index (χ0) is 20.2. The third-order valence-corrected chi connectivity index (χ3v) is 6.16. The predicted molar refractivity (Wildman–Crippen MR) is 121 cm³/mol. The molecular weight excluding hydrogens is 451 g/mol. The molecule has 0 fully saturated rings. The average Bonchev–Trinajstić information content (AvgIpc) is 3.10. The zero-order valence-electron chi connectivity index (χ0n) is 15.4. The quantitative estimate of drug-likeness (QED) is 0.259. The van der Waals surface area contributed by atoms with Gasteiger partial charge in [0.15, 0.2) is 0 Å². The third-order valence-electron chi connectivity index (χ3n) is 4.51. The van der Waals surface area contributed by atoms with E-state index in [1.807, 2.05) is 24.3 Å². The van der Waals surface area contributed by atoms with Crippen molar-refractivity contribution in [2.75, 3.05) is 12.3 Å². The topological polar surface area (TPSA) is 44.9 Å². The molecular formula is C23H18BrFN2OS. The number of thioether (sulfide) groups is 1. The lowest BCUT2D eigenvalue weighted by Crippen LogP contribution is -2.25. The molecule has 0 bridgehead atoms. The molecule has 4 rings (SSSR count). The Balaban J connectivity index is 1.49. The summed E-state index contributed by atoms with van der Waals surface area (Å²) in [6.07, 6.45) is 0. The van der Waals surface area contributed by atoms with Crippen molar-refractivity contribution in [3.05, 3.63) is 88.6 Å². The zero-order valence-corrected chi connectivity index (χ0v) is 17.8. The summed E-state index contributed by atoms with van der Waals surface area (Å²) in [5.41, 5.74) is 3.59. The van der Waals surface area contributed by atoms with Crippen LogP contribution in [-0.4, -0.2) is 23.2 Å². The van der Waals surface area contributed by atoms with Crippen LogP contribution in [0, 0.1) is 5.82 Å². The van der Waals surface area contributed by atoms with Gasteiger partial charge >= 0.3 is 0 Å². The second-order valence-electron chi connectivity index (χ2n) is 6.50. The van der Waals surface area contributed by atoms with Crippen molar-refractivity contribution >= 4 is 44.5 Å². The standard InChI is InChI=1S/C23H18BrFN2OS/c24-17-10-8-15(9-11-17)21-22(19-6-1-2-7-20(19)27-21)29-13-12-26-23(28)16-4-3-5-18(25)14-16/h1-11,14,27H,12-13H2,(H,26,28). The molecule has 0 unspecified atom stereocenters. The van der Waals surface area contributed by atoms with E-state index in [1.54, 1.807) is 17.8 Å². The molecule has 0 atom stereocenters. The number of rotatable bonds is 6. The van der Waals surface area contributed by atoms with Crippen molar-refractivity contribution in [1.82, 2.24) is 10.3 Å². The normalized spacial score (nSPS) is 11.0. The number of halogens is 2. The number of amides is 1. The molecule has 0 aliphatic rings. The number of aromatic amines is 1. The maximum Gasteiger partial charge on any atom is 0.251 e. The highest BCUT2D eigenvalue weighted by Crippen LogP contribution is 2.37. The van der Waals surface area contributed by atoms with E-state index in [1.165, 1.54) is 18.2 Å². The van der Waals surface area contributed by atoms with Gasteiger partial charge in [0.1, 0.15) is 5.82 Å². The van der Waals surface area contributed by atoms with E-state index in [0.29, 0.717) is 17.9 Å². The van der Waals surface area contributed by atoms with Crippen LogP contribution in [-0.2, 0) is 0 Å². The van der Waals surface area contributed by atoms with Crippen LogP contribution >= 0.6 is 27.7 Å². The Bertz CT molecular complexity index is 1160. The molecule has 146 valence electrons. The molecule has 1 amide bonds. The number of hydrogen-bond donors (Lipinski definition) is 2. The van der Waals surface area contributed by atoms with Crippen molar-refractivity contribution < 1.29 is 9.18 Å². The lowest BCUT2D eigenvalue weighted by molar-refractivity contribution is 0.0955. The van der Waals surface area contributed by atoms with E-state index in [2.05, 4.69) is 50.5 Å². The van der Waals surface area contributed by atoms with Crippen LogP contribution in [0.25, 0.3) is 22.2 Å². The van der Waals surface area contributed by atoms with Crippen molar-refractivity contribution in [2.45, 2.75) is 4.90 Å². The summed E-state index contributed by atoms with van der Waals surface area (Å²) in [6.45, 7) is 0.485. The lowest BCUT2D eigenvalue weighted by atomic mass is 10.1. The molecule has 0 spiro atoms. The Labute approximate surface area is 180 Å². The van der Waals surface area contributed by atoms with E-state index in [-0.39, 0.29) is 5.91 Å². The van der Waals surface area contributed by atoms with Gasteiger partial charge in [-0.3, -0.25) is 4.79 Å². The fourth-order valence-electron chi connectivity index (χ4n) is 3.14. The molecule has 0 aliphatic heterocycles. The maximum absolute atomic E-state index is 13.3. The molecule has 0 radical (unpaired) electrons. The molecule has 6 heteroatoms. The molecule has 2 N–H and O–H groups in total. The van der Waals surface area contributed by atoms with Gasteiger partial charge in [-0.2, -0.15) is 0 Å². The Morgan fingerprint density at radius 1 is 1.03 bits per heavy atom. The first kappa shape index (κ1) is 19.7. The highest BCUT2D eigenvalue weighted by atomic mass is 79.9. The maximum atomic E-state index is 13.3. The van der Waals surface area contributed by atoms with Crippen LogP contribution in [0.15, 0.2) is 82.2 Å². The molecule has 3 aromatic carbocycles. The average molecular weight is 469 g/mol. The van der Waals surface area contributed by atoms with Crippen molar-refractivity contribution in [1.29, 1.82) is 0 Å². The number of para-hydroxylation sites is 1. The van der Waals surface area contributed by atoms with Crippen LogP contribution in [0.5, 0.6) is 0 Å². The van der Waals surface area contributed by atoms with E-state index >= 15 is 0 Å². The van der Waals surface area contributed by atoms with E-state index < -0.39 is 5.82 Å². The number of benzene rings is 3. The minimum Gasteiger partial charge on any atom is -0.354 e. The van der Waals surface area contributed by atoms with E-state index in [9.17, 15) is 9.18 Å². The monoisotopic (exact) mass is 468 g/mol. The Hall–Kier alpha value is -2.57. The van der Waals surface area contributed by atoms with Crippen LogP contribution in [0.3, 0.4) is 0 Å². The number of fused-ring (bicyclic) bond motifs is 1. The highest BCUT2D eigenvalue weighted by molar-refractivity contribution is 9.10. The molecule has 0 saturated carbocycles. The van der Waals surface area contributed by atoms with Crippen LogP contribution in [0.1, 0.15) is 10.4 Å². The second-order valence-corrected chi connectivity index (χ2v) is 8.52. The first-order chi connectivity index (χ1) is 14.1. The molecule has 0 aliphatic carbocycles. The van der Waals surface area contributed by atoms with Gasteiger partial charge in [-0.1, -0.05) is 52.3 Å². The summed E-state index contributed by atoms with van der Waals surface area (Å²) in [4.78, 5) is 16.9. The summed E-state index contributed by atoms with van der Waals surface area (Å²) < 4.78 is 14.3.